The van der Waals surface area contributed by atoms with E-state index in [1.807, 2.05) is 61.5 Å². The van der Waals surface area contributed by atoms with Gasteiger partial charge in [0.05, 0.1) is 17.9 Å². The molecule has 3 aliphatic heterocycles. The smallest absolute Gasteiger partial charge is 0.246 e. The molecule has 198 valence electrons. The van der Waals surface area contributed by atoms with Gasteiger partial charge in [-0.05, 0) is 43.5 Å². The van der Waals surface area contributed by atoms with Crippen LogP contribution in [0.4, 0.5) is 5.69 Å². The summed E-state index contributed by atoms with van der Waals surface area (Å²) in [6.07, 6.45) is 8.28. The highest BCUT2D eigenvalue weighted by molar-refractivity contribution is 6.31. The number of fused-ring (bicyclic) bond motifs is 1. The third-order valence-electron chi connectivity index (χ3n) is 8.49. The highest BCUT2D eigenvalue weighted by atomic mass is 35.5. The third-order valence-corrected chi connectivity index (χ3v) is 8.86. The maximum Gasteiger partial charge on any atom is 0.246 e. The molecular formula is C30H32ClN3O4. The van der Waals surface area contributed by atoms with E-state index in [1.165, 1.54) is 6.42 Å². The van der Waals surface area contributed by atoms with Crippen LogP contribution in [0.1, 0.15) is 43.2 Å². The topological polar surface area (TPSA) is 87.7 Å². The first-order valence-corrected chi connectivity index (χ1v) is 13.8. The lowest BCUT2D eigenvalue weighted by Gasteiger charge is -2.34. The minimum atomic E-state index is -1.20. The van der Waals surface area contributed by atoms with Crippen LogP contribution in [-0.2, 0) is 25.7 Å². The van der Waals surface area contributed by atoms with Crippen molar-refractivity contribution in [2.45, 2.75) is 69.4 Å². The Kier molecular flexibility index (Phi) is 6.52. The Bertz CT molecular complexity index is 1290. The van der Waals surface area contributed by atoms with Crippen molar-refractivity contribution in [1.82, 2.24) is 10.2 Å². The molecule has 2 saturated heterocycles. The largest absolute Gasteiger partial charge is 0.359 e. The highest BCUT2D eigenvalue weighted by Gasteiger charge is 2.72. The van der Waals surface area contributed by atoms with Crippen molar-refractivity contribution < 1.29 is 19.1 Å². The molecule has 6 rings (SSSR count). The molecule has 3 heterocycles. The molecule has 2 aromatic carbocycles. The van der Waals surface area contributed by atoms with E-state index < -0.39 is 29.6 Å². The molecule has 2 N–H and O–H groups in total. The van der Waals surface area contributed by atoms with Crippen LogP contribution in [-0.4, -0.2) is 46.4 Å². The molecule has 3 fully saturated rings. The Hall–Kier alpha value is -3.16. The number of aryl methyl sites for hydroxylation is 1. The number of hydrogen-bond donors (Lipinski definition) is 2. The molecule has 3 amide bonds. The van der Waals surface area contributed by atoms with Crippen LogP contribution in [0, 0.1) is 18.8 Å². The van der Waals surface area contributed by atoms with Crippen LogP contribution in [0.15, 0.2) is 60.7 Å². The molecule has 1 spiro atoms. The Morgan fingerprint density at radius 1 is 1.05 bits per heavy atom. The van der Waals surface area contributed by atoms with Crippen molar-refractivity contribution in [3.8, 4) is 0 Å². The number of rotatable bonds is 6. The average Bonchev–Trinajstić information content (AvgIpc) is 3.55. The third kappa shape index (κ3) is 4.22. The molecule has 5 atom stereocenters. The zero-order chi connectivity index (χ0) is 26.4. The summed E-state index contributed by atoms with van der Waals surface area (Å²) < 4.78 is 6.44. The van der Waals surface area contributed by atoms with Gasteiger partial charge >= 0.3 is 0 Å². The Labute approximate surface area is 227 Å². The fourth-order valence-electron chi connectivity index (χ4n) is 6.64. The van der Waals surface area contributed by atoms with Crippen LogP contribution in [0.25, 0.3) is 0 Å². The van der Waals surface area contributed by atoms with Gasteiger partial charge in [0.15, 0.2) is 0 Å². The van der Waals surface area contributed by atoms with Crippen molar-refractivity contribution in [3.63, 3.8) is 0 Å². The molecule has 2 bridgehead atoms. The first-order valence-electron chi connectivity index (χ1n) is 13.5. The number of anilines is 1. The molecule has 38 heavy (non-hydrogen) atoms. The van der Waals surface area contributed by atoms with E-state index in [0.29, 0.717) is 10.7 Å². The predicted molar refractivity (Wildman–Crippen MR) is 144 cm³/mol. The lowest BCUT2D eigenvalue weighted by molar-refractivity contribution is -0.142. The van der Waals surface area contributed by atoms with Gasteiger partial charge in [-0.1, -0.05) is 78.9 Å². The van der Waals surface area contributed by atoms with Gasteiger partial charge in [0.25, 0.3) is 0 Å². The lowest BCUT2D eigenvalue weighted by atomic mass is 9.74. The van der Waals surface area contributed by atoms with E-state index in [0.717, 1.165) is 36.8 Å². The van der Waals surface area contributed by atoms with E-state index in [1.54, 1.807) is 11.0 Å². The van der Waals surface area contributed by atoms with E-state index in [9.17, 15) is 14.4 Å². The molecule has 8 heteroatoms. The minimum Gasteiger partial charge on any atom is -0.359 e. The van der Waals surface area contributed by atoms with Gasteiger partial charge in [-0.15, -0.1) is 0 Å². The Morgan fingerprint density at radius 2 is 1.79 bits per heavy atom. The van der Waals surface area contributed by atoms with Crippen molar-refractivity contribution >= 4 is 35.0 Å². The quantitative estimate of drug-likeness (QED) is 0.539. The number of likely N-dealkylation sites (tertiary alicyclic amines) is 1. The zero-order valence-corrected chi connectivity index (χ0v) is 22.1. The van der Waals surface area contributed by atoms with Crippen LogP contribution in [0.2, 0.25) is 5.02 Å². The molecule has 2 aromatic rings. The normalized spacial score (nSPS) is 29.9. The fourth-order valence-corrected chi connectivity index (χ4v) is 6.83. The minimum absolute atomic E-state index is 0.0761. The number of carbonyl (C=O) groups excluding carboxylic acids is 3. The summed E-state index contributed by atoms with van der Waals surface area (Å²) in [6, 6.07) is 14.0. The van der Waals surface area contributed by atoms with Crippen LogP contribution >= 0.6 is 11.6 Å². The number of nitrogens with zero attached hydrogens (tertiary/aromatic N) is 1. The van der Waals surface area contributed by atoms with Gasteiger partial charge in [-0.3, -0.25) is 14.4 Å². The number of benzene rings is 2. The van der Waals surface area contributed by atoms with Gasteiger partial charge in [-0.2, -0.15) is 0 Å². The summed E-state index contributed by atoms with van der Waals surface area (Å²) in [7, 11) is 0. The SMILES string of the molecule is Cc1ccc(NC(=O)[C@@H]2[C@H]3C=C[C@]4(O3)[C@H](C(=O)NC3CCCCC3)N(Cc3ccccc3Cl)C(=O)[C@@H]24)cc1. The second-order valence-electron chi connectivity index (χ2n) is 11.0. The number of halogens is 1. The Balaban J connectivity index is 1.33. The van der Waals surface area contributed by atoms with E-state index in [4.69, 9.17) is 16.3 Å². The van der Waals surface area contributed by atoms with Gasteiger partial charge in [0.2, 0.25) is 17.7 Å². The standard InChI is InChI=1S/C30H32ClN3O4/c1-18-11-13-21(14-12-18)32-27(35)24-23-15-16-30(38-23)25(24)29(37)34(17-19-7-5-6-10-22(19)31)26(30)28(36)33-20-8-3-2-4-9-20/h5-7,10-16,20,23-26H,2-4,8-9,17H2,1H3,(H,32,35)(H,33,36)/t23-,24-,25-,26+,30-/m1/s1. The van der Waals surface area contributed by atoms with Crippen molar-refractivity contribution in [1.29, 1.82) is 0 Å². The summed E-state index contributed by atoms with van der Waals surface area (Å²) in [5.74, 6) is -2.31. The maximum absolute atomic E-state index is 14.1. The zero-order valence-electron chi connectivity index (χ0n) is 21.4. The van der Waals surface area contributed by atoms with Gasteiger partial charge in [-0.25, -0.2) is 0 Å². The highest BCUT2D eigenvalue weighted by Crippen LogP contribution is 2.55. The molecule has 1 aliphatic carbocycles. The van der Waals surface area contributed by atoms with Crippen molar-refractivity contribution in [2.75, 3.05) is 5.32 Å². The molecule has 7 nitrogen and oxygen atoms in total. The summed E-state index contributed by atoms with van der Waals surface area (Å²) >= 11 is 6.46. The maximum atomic E-state index is 14.1. The van der Waals surface area contributed by atoms with E-state index >= 15 is 0 Å². The second-order valence-corrected chi connectivity index (χ2v) is 11.4. The van der Waals surface area contributed by atoms with Gasteiger partial charge in [0, 0.05) is 23.3 Å². The van der Waals surface area contributed by atoms with Crippen LogP contribution in [0.5, 0.6) is 0 Å². The molecule has 0 unspecified atom stereocenters. The second kappa shape index (κ2) is 9.86. The first-order chi connectivity index (χ1) is 18.4. The Morgan fingerprint density at radius 3 is 2.53 bits per heavy atom. The summed E-state index contributed by atoms with van der Waals surface area (Å²) in [5, 5.41) is 6.70. The molecule has 0 radical (unpaired) electrons. The summed E-state index contributed by atoms with van der Waals surface area (Å²) in [5.41, 5.74) is 1.29. The average molecular weight is 534 g/mol. The number of ether oxygens (including phenoxy) is 1. The van der Waals surface area contributed by atoms with Crippen LogP contribution in [0.3, 0.4) is 0 Å². The molecular weight excluding hydrogens is 502 g/mol. The predicted octanol–water partition coefficient (Wildman–Crippen LogP) is 4.39. The van der Waals surface area contributed by atoms with E-state index in [2.05, 4.69) is 10.6 Å². The van der Waals surface area contributed by atoms with Crippen LogP contribution < -0.4 is 10.6 Å². The molecule has 0 aromatic heterocycles. The van der Waals surface area contributed by atoms with Crippen molar-refractivity contribution in [3.05, 3.63) is 76.8 Å². The monoisotopic (exact) mass is 533 g/mol. The fraction of sp³-hybridized carbons (Fsp3) is 0.433. The number of nitrogens with one attached hydrogen (secondary N) is 2. The van der Waals surface area contributed by atoms with Gasteiger partial charge < -0.3 is 20.3 Å². The van der Waals surface area contributed by atoms with Gasteiger partial charge in [0.1, 0.15) is 11.6 Å². The number of amides is 3. The number of carbonyl (C=O) groups is 3. The number of hydrogen-bond acceptors (Lipinski definition) is 4. The summed E-state index contributed by atoms with van der Waals surface area (Å²) in [4.78, 5) is 43.2. The van der Waals surface area contributed by atoms with Crippen molar-refractivity contribution in [2.24, 2.45) is 11.8 Å². The molecule has 1 saturated carbocycles. The van der Waals surface area contributed by atoms with E-state index in [-0.39, 0.29) is 30.3 Å². The lowest BCUT2D eigenvalue weighted by Crippen LogP contribution is -2.56. The molecule has 4 aliphatic rings. The first kappa shape index (κ1) is 25.1. The summed E-state index contributed by atoms with van der Waals surface area (Å²) in [6.45, 7) is 2.14.